The normalized spacial score (nSPS) is 11.5. The average Bonchev–Trinajstić information content (AvgIpc) is 3.13. The number of rotatable bonds is 3. The van der Waals surface area contributed by atoms with Crippen LogP contribution in [0.3, 0.4) is 0 Å². The van der Waals surface area contributed by atoms with Gasteiger partial charge >= 0.3 is 5.97 Å². The lowest BCUT2D eigenvalue weighted by molar-refractivity contribution is 0.00686. The van der Waals surface area contributed by atoms with Crippen molar-refractivity contribution in [2.75, 3.05) is 0 Å². The van der Waals surface area contributed by atoms with Crippen molar-refractivity contribution in [3.05, 3.63) is 59.2 Å². The lowest BCUT2D eigenvalue weighted by Gasteiger charge is -2.19. The van der Waals surface area contributed by atoms with Crippen LogP contribution in [-0.2, 0) is 4.74 Å². The molecular formula is C20H20O3S. The van der Waals surface area contributed by atoms with Gasteiger partial charge < -0.3 is 9.15 Å². The Labute approximate surface area is 145 Å². The number of ether oxygens (including phenoxy) is 1. The summed E-state index contributed by atoms with van der Waals surface area (Å²) >= 11 is 1.59. The van der Waals surface area contributed by atoms with Gasteiger partial charge in [0.1, 0.15) is 16.9 Å². The Morgan fingerprint density at radius 3 is 2.38 bits per heavy atom. The molecule has 0 saturated carbocycles. The summed E-state index contributed by atoms with van der Waals surface area (Å²) in [6.07, 6.45) is 0. The minimum Gasteiger partial charge on any atom is -0.459 e. The highest BCUT2D eigenvalue weighted by Gasteiger charge is 2.29. The van der Waals surface area contributed by atoms with Gasteiger partial charge in [0.15, 0.2) is 5.76 Å². The quantitative estimate of drug-likeness (QED) is 0.554. The van der Waals surface area contributed by atoms with Crippen molar-refractivity contribution in [1.29, 1.82) is 0 Å². The molecule has 0 unspecified atom stereocenters. The maximum absolute atomic E-state index is 12.8. The van der Waals surface area contributed by atoms with Gasteiger partial charge in [0.2, 0.25) is 0 Å². The minimum absolute atomic E-state index is 0.356. The van der Waals surface area contributed by atoms with E-state index in [4.69, 9.17) is 9.15 Å². The number of hydrogen-bond donors (Lipinski definition) is 0. The molecular weight excluding hydrogens is 320 g/mol. The molecule has 3 nitrogen and oxygen atoms in total. The zero-order valence-corrected chi connectivity index (χ0v) is 15.1. The van der Waals surface area contributed by atoms with E-state index >= 15 is 0 Å². The number of aryl methyl sites for hydroxylation is 1. The van der Waals surface area contributed by atoms with Crippen molar-refractivity contribution >= 4 is 17.3 Å². The largest absolute Gasteiger partial charge is 0.459 e. The number of thiophene rings is 1. The first-order valence-electron chi connectivity index (χ1n) is 7.83. The van der Waals surface area contributed by atoms with Gasteiger partial charge in [-0.25, -0.2) is 4.79 Å². The smallest absolute Gasteiger partial charge is 0.342 e. The Hall–Kier alpha value is -2.33. The Morgan fingerprint density at radius 2 is 1.79 bits per heavy atom. The molecule has 0 amide bonds. The summed E-state index contributed by atoms with van der Waals surface area (Å²) in [4.78, 5) is 13.8. The molecule has 0 N–H and O–H groups in total. The second-order valence-electron chi connectivity index (χ2n) is 6.58. The zero-order valence-electron chi connectivity index (χ0n) is 14.3. The first-order valence-corrected chi connectivity index (χ1v) is 8.71. The zero-order chi connectivity index (χ0) is 17.3. The Bertz CT molecular complexity index is 837. The van der Waals surface area contributed by atoms with Crippen LogP contribution in [0.25, 0.3) is 21.8 Å². The predicted molar refractivity (Wildman–Crippen MR) is 97.4 cm³/mol. The van der Waals surface area contributed by atoms with E-state index in [1.54, 1.807) is 11.3 Å². The second kappa shape index (κ2) is 6.29. The van der Waals surface area contributed by atoms with Crippen molar-refractivity contribution in [3.63, 3.8) is 0 Å². The topological polar surface area (TPSA) is 39.4 Å². The molecule has 3 rings (SSSR count). The van der Waals surface area contributed by atoms with Crippen LogP contribution in [-0.4, -0.2) is 11.6 Å². The third-order valence-corrected chi connectivity index (χ3v) is 4.36. The number of hydrogen-bond acceptors (Lipinski definition) is 4. The van der Waals surface area contributed by atoms with Gasteiger partial charge in [0.05, 0.1) is 4.88 Å². The number of esters is 1. The Balaban J connectivity index is 2.20. The Morgan fingerprint density at radius 1 is 1.08 bits per heavy atom. The summed E-state index contributed by atoms with van der Waals surface area (Å²) in [5.74, 6) is 0.937. The molecule has 4 heteroatoms. The molecule has 0 saturated heterocycles. The third kappa shape index (κ3) is 3.29. The summed E-state index contributed by atoms with van der Waals surface area (Å²) < 4.78 is 11.6. The summed E-state index contributed by atoms with van der Waals surface area (Å²) in [5, 5.41) is 2.00. The van der Waals surface area contributed by atoms with Crippen LogP contribution in [0.5, 0.6) is 0 Å². The maximum Gasteiger partial charge on any atom is 0.342 e. The molecule has 0 bridgehead atoms. The van der Waals surface area contributed by atoms with Crippen LogP contribution in [0.1, 0.15) is 36.9 Å². The highest BCUT2D eigenvalue weighted by atomic mass is 32.1. The summed E-state index contributed by atoms with van der Waals surface area (Å²) in [6.45, 7) is 7.40. The summed E-state index contributed by atoms with van der Waals surface area (Å²) in [6, 6.07) is 13.8. The highest BCUT2D eigenvalue weighted by molar-refractivity contribution is 7.13. The van der Waals surface area contributed by atoms with E-state index in [0.717, 1.165) is 21.8 Å². The lowest BCUT2D eigenvalue weighted by Crippen LogP contribution is -2.24. The first-order chi connectivity index (χ1) is 11.4. The molecule has 0 aliphatic carbocycles. The van der Waals surface area contributed by atoms with Crippen LogP contribution in [0.4, 0.5) is 0 Å². The molecule has 0 atom stereocenters. The molecule has 3 aromatic rings. The van der Waals surface area contributed by atoms with Crippen molar-refractivity contribution in [2.24, 2.45) is 0 Å². The molecule has 0 fully saturated rings. The Kier molecular flexibility index (Phi) is 4.33. The van der Waals surface area contributed by atoms with Crippen molar-refractivity contribution in [2.45, 2.75) is 33.3 Å². The fraction of sp³-hybridized carbons (Fsp3) is 0.250. The minimum atomic E-state index is -0.558. The highest BCUT2D eigenvalue weighted by Crippen LogP contribution is 2.41. The van der Waals surface area contributed by atoms with Crippen LogP contribution in [0, 0.1) is 6.92 Å². The first kappa shape index (κ1) is 16.5. The maximum atomic E-state index is 12.8. The van der Waals surface area contributed by atoms with Gasteiger partial charge in [-0.3, -0.25) is 0 Å². The molecule has 0 radical (unpaired) electrons. The third-order valence-electron chi connectivity index (χ3n) is 3.49. The average molecular weight is 340 g/mol. The molecule has 2 aromatic heterocycles. The number of benzene rings is 1. The van der Waals surface area contributed by atoms with E-state index in [-0.39, 0.29) is 5.97 Å². The van der Waals surface area contributed by atoms with E-state index in [1.807, 2.05) is 75.5 Å². The number of carbonyl (C=O) groups is 1. The van der Waals surface area contributed by atoms with Crippen molar-refractivity contribution < 1.29 is 13.9 Å². The fourth-order valence-electron chi connectivity index (χ4n) is 2.58. The standard InChI is InChI=1S/C20H20O3S/c1-13-16(19(21)23-20(2,3)4)17(14-9-6-5-7-10-14)18(22-13)15-11-8-12-24-15/h5-12H,1-4H3. The van der Waals surface area contributed by atoms with Gasteiger partial charge in [-0.05, 0) is 44.7 Å². The molecule has 0 spiro atoms. The van der Waals surface area contributed by atoms with Crippen molar-refractivity contribution in [1.82, 2.24) is 0 Å². The molecule has 124 valence electrons. The van der Waals surface area contributed by atoms with Gasteiger partial charge in [0, 0.05) is 5.56 Å². The van der Waals surface area contributed by atoms with E-state index in [0.29, 0.717) is 11.3 Å². The van der Waals surface area contributed by atoms with Crippen molar-refractivity contribution in [3.8, 4) is 21.8 Å². The van der Waals surface area contributed by atoms with E-state index in [9.17, 15) is 4.79 Å². The second-order valence-corrected chi connectivity index (χ2v) is 7.53. The molecule has 0 aliphatic rings. The SMILES string of the molecule is Cc1oc(-c2cccs2)c(-c2ccccc2)c1C(=O)OC(C)(C)C. The fourth-order valence-corrected chi connectivity index (χ4v) is 3.29. The van der Waals surface area contributed by atoms with Crippen LogP contribution < -0.4 is 0 Å². The lowest BCUT2D eigenvalue weighted by atomic mass is 9.99. The molecule has 2 heterocycles. The molecule has 1 aromatic carbocycles. The van der Waals surface area contributed by atoms with E-state index in [1.165, 1.54) is 0 Å². The van der Waals surface area contributed by atoms with E-state index in [2.05, 4.69) is 0 Å². The molecule has 24 heavy (non-hydrogen) atoms. The van der Waals surface area contributed by atoms with Gasteiger partial charge in [-0.2, -0.15) is 0 Å². The van der Waals surface area contributed by atoms with Gasteiger partial charge in [0.25, 0.3) is 0 Å². The number of furan rings is 1. The predicted octanol–water partition coefficient (Wildman–Crippen LogP) is 5.94. The van der Waals surface area contributed by atoms with Gasteiger partial charge in [-0.1, -0.05) is 36.4 Å². The van der Waals surface area contributed by atoms with Gasteiger partial charge in [-0.15, -0.1) is 11.3 Å². The van der Waals surface area contributed by atoms with Crippen LogP contribution in [0.15, 0.2) is 52.3 Å². The summed E-state index contributed by atoms with van der Waals surface area (Å²) in [5.41, 5.74) is 1.68. The molecule has 0 aliphatic heterocycles. The number of carbonyl (C=O) groups excluding carboxylic acids is 1. The monoisotopic (exact) mass is 340 g/mol. The van der Waals surface area contributed by atoms with Crippen LogP contribution in [0.2, 0.25) is 0 Å². The van der Waals surface area contributed by atoms with Crippen LogP contribution >= 0.6 is 11.3 Å². The summed E-state index contributed by atoms with van der Waals surface area (Å²) in [7, 11) is 0. The van der Waals surface area contributed by atoms with E-state index < -0.39 is 5.60 Å².